The first-order valence-corrected chi connectivity index (χ1v) is 6.48. The maximum atomic E-state index is 13.4. The molecule has 5 heteroatoms. The smallest absolute Gasteiger partial charge is 0.254 e. The van der Waals surface area contributed by atoms with E-state index >= 15 is 0 Å². The summed E-state index contributed by atoms with van der Waals surface area (Å²) in [6.45, 7) is 2.53. The average molecular weight is 268 g/mol. The minimum Gasteiger partial charge on any atom is -0.352 e. The van der Waals surface area contributed by atoms with Gasteiger partial charge in [-0.3, -0.25) is 4.79 Å². The predicted octanol–water partition coefficient (Wildman–Crippen LogP) is 2.04. The molecule has 1 aromatic carbocycles. The van der Waals surface area contributed by atoms with E-state index in [1.54, 1.807) is 0 Å². The van der Waals surface area contributed by atoms with Crippen molar-refractivity contribution >= 4 is 5.91 Å². The second kappa shape index (κ2) is 6.10. The largest absolute Gasteiger partial charge is 0.352 e. The first kappa shape index (κ1) is 13.9. The van der Waals surface area contributed by atoms with E-state index in [4.69, 9.17) is 0 Å². The summed E-state index contributed by atoms with van der Waals surface area (Å²) in [5.74, 6) is -2.21. The molecule has 0 bridgehead atoms. The van der Waals surface area contributed by atoms with Crippen LogP contribution in [0.4, 0.5) is 8.78 Å². The van der Waals surface area contributed by atoms with Crippen LogP contribution < -0.4 is 5.32 Å². The van der Waals surface area contributed by atoms with Crippen LogP contribution in [0.2, 0.25) is 0 Å². The highest BCUT2D eigenvalue weighted by molar-refractivity contribution is 5.94. The Kier molecular flexibility index (Phi) is 4.47. The number of halogens is 2. The van der Waals surface area contributed by atoms with Crippen molar-refractivity contribution in [2.24, 2.45) is 5.92 Å². The molecular weight excluding hydrogens is 250 g/mol. The van der Waals surface area contributed by atoms with Gasteiger partial charge in [0.25, 0.3) is 5.91 Å². The molecule has 3 nitrogen and oxygen atoms in total. The number of nitrogens with zero attached hydrogens (tertiary/aromatic N) is 1. The second-order valence-corrected chi connectivity index (χ2v) is 5.06. The second-order valence-electron chi connectivity index (χ2n) is 5.06. The Balaban J connectivity index is 1.89. The molecule has 0 unspecified atom stereocenters. The fourth-order valence-electron chi connectivity index (χ4n) is 2.28. The molecule has 1 fully saturated rings. The Morgan fingerprint density at radius 1 is 1.37 bits per heavy atom. The van der Waals surface area contributed by atoms with Gasteiger partial charge in [-0.05, 0) is 51.0 Å². The standard InChI is InChI=1S/C14H18F2N2O/c1-18-7-5-10(6-8-18)9-17-14(19)11-3-2-4-12(15)13(11)16/h2-4,10H,5-9H2,1H3,(H,17,19). The lowest BCUT2D eigenvalue weighted by atomic mass is 9.97. The van der Waals surface area contributed by atoms with Gasteiger partial charge in [-0.2, -0.15) is 0 Å². The molecule has 0 spiro atoms. The summed E-state index contributed by atoms with van der Waals surface area (Å²) in [4.78, 5) is 14.0. The maximum absolute atomic E-state index is 13.4. The SMILES string of the molecule is CN1CCC(CNC(=O)c2cccc(F)c2F)CC1. The molecule has 1 N–H and O–H groups in total. The van der Waals surface area contributed by atoms with Crippen LogP contribution in [0.5, 0.6) is 0 Å². The van der Waals surface area contributed by atoms with Crippen molar-refractivity contribution in [1.29, 1.82) is 0 Å². The van der Waals surface area contributed by atoms with Crippen molar-refractivity contribution in [2.45, 2.75) is 12.8 Å². The highest BCUT2D eigenvalue weighted by atomic mass is 19.2. The summed E-state index contributed by atoms with van der Waals surface area (Å²) >= 11 is 0. The lowest BCUT2D eigenvalue weighted by Gasteiger charge is -2.28. The van der Waals surface area contributed by atoms with Crippen molar-refractivity contribution in [1.82, 2.24) is 10.2 Å². The zero-order valence-corrected chi connectivity index (χ0v) is 11.0. The molecule has 19 heavy (non-hydrogen) atoms. The van der Waals surface area contributed by atoms with Crippen LogP contribution in [-0.2, 0) is 0 Å². The van der Waals surface area contributed by atoms with Crippen molar-refractivity contribution in [3.8, 4) is 0 Å². The quantitative estimate of drug-likeness (QED) is 0.910. The molecule has 0 atom stereocenters. The third-order valence-corrected chi connectivity index (χ3v) is 3.59. The highest BCUT2D eigenvalue weighted by Gasteiger charge is 2.19. The number of piperidine rings is 1. The van der Waals surface area contributed by atoms with Crippen molar-refractivity contribution in [3.63, 3.8) is 0 Å². The van der Waals surface area contributed by atoms with Gasteiger partial charge in [0.2, 0.25) is 0 Å². The molecule has 0 radical (unpaired) electrons. The Bertz CT molecular complexity index is 457. The van der Waals surface area contributed by atoms with Crippen molar-refractivity contribution in [2.75, 3.05) is 26.7 Å². The molecular formula is C14H18F2N2O. The number of rotatable bonds is 3. The third kappa shape index (κ3) is 3.50. The minimum atomic E-state index is -1.08. The van der Waals surface area contributed by atoms with Crippen LogP contribution in [0.3, 0.4) is 0 Å². The van der Waals surface area contributed by atoms with Gasteiger partial charge < -0.3 is 10.2 Å². The zero-order valence-electron chi connectivity index (χ0n) is 11.0. The maximum Gasteiger partial charge on any atom is 0.254 e. The molecule has 1 aliphatic heterocycles. The molecule has 0 saturated carbocycles. The van der Waals surface area contributed by atoms with Gasteiger partial charge in [-0.15, -0.1) is 0 Å². The first-order valence-electron chi connectivity index (χ1n) is 6.48. The zero-order chi connectivity index (χ0) is 13.8. The molecule has 1 amide bonds. The van der Waals surface area contributed by atoms with Crippen molar-refractivity contribution < 1.29 is 13.6 Å². The van der Waals surface area contributed by atoms with Gasteiger partial charge in [0, 0.05) is 6.54 Å². The topological polar surface area (TPSA) is 32.3 Å². The summed E-state index contributed by atoms with van der Waals surface area (Å²) in [7, 11) is 2.07. The Labute approximate surface area is 111 Å². The Hall–Kier alpha value is -1.49. The van der Waals surface area contributed by atoms with Gasteiger partial charge in [-0.1, -0.05) is 6.07 Å². The summed E-state index contributed by atoms with van der Waals surface area (Å²) in [6.07, 6.45) is 2.03. The number of likely N-dealkylation sites (tertiary alicyclic amines) is 1. The van der Waals surface area contributed by atoms with Crippen LogP contribution in [0.15, 0.2) is 18.2 Å². The molecule has 1 saturated heterocycles. The summed E-state index contributed by atoms with van der Waals surface area (Å²) in [6, 6.07) is 3.63. The van der Waals surface area contributed by atoms with Crippen LogP contribution in [0.25, 0.3) is 0 Å². The van der Waals surface area contributed by atoms with Gasteiger partial charge in [0.15, 0.2) is 11.6 Å². The van der Waals surface area contributed by atoms with E-state index in [0.29, 0.717) is 12.5 Å². The number of hydrogen-bond donors (Lipinski definition) is 1. The molecule has 104 valence electrons. The monoisotopic (exact) mass is 268 g/mol. The predicted molar refractivity (Wildman–Crippen MR) is 68.9 cm³/mol. The average Bonchev–Trinajstić information content (AvgIpc) is 2.41. The van der Waals surface area contributed by atoms with E-state index in [2.05, 4.69) is 17.3 Å². The summed E-state index contributed by atoms with van der Waals surface area (Å²) in [5, 5.41) is 2.69. The Morgan fingerprint density at radius 3 is 2.74 bits per heavy atom. The molecule has 0 aromatic heterocycles. The fraction of sp³-hybridized carbons (Fsp3) is 0.500. The summed E-state index contributed by atoms with van der Waals surface area (Å²) < 4.78 is 26.4. The molecule has 1 aliphatic rings. The van der Waals surface area contributed by atoms with Gasteiger partial charge in [0.05, 0.1) is 5.56 Å². The number of hydrogen-bond acceptors (Lipinski definition) is 2. The first-order chi connectivity index (χ1) is 9.08. The van der Waals surface area contributed by atoms with Crippen LogP contribution in [0, 0.1) is 17.6 Å². The van der Waals surface area contributed by atoms with Crippen LogP contribution in [0.1, 0.15) is 23.2 Å². The van der Waals surface area contributed by atoms with Gasteiger partial charge in [-0.25, -0.2) is 8.78 Å². The van der Waals surface area contributed by atoms with Gasteiger partial charge in [0.1, 0.15) is 0 Å². The molecule has 1 heterocycles. The van der Waals surface area contributed by atoms with Crippen LogP contribution in [-0.4, -0.2) is 37.5 Å². The van der Waals surface area contributed by atoms with E-state index in [9.17, 15) is 13.6 Å². The third-order valence-electron chi connectivity index (χ3n) is 3.59. The normalized spacial score (nSPS) is 17.4. The Morgan fingerprint density at radius 2 is 2.05 bits per heavy atom. The molecule has 0 aliphatic carbocycles. The number of nitrogens with one attached hydrogen (secondary N) is 1. The molecule has 2 rings (SSSR count). The lowest BCUT2D eigenvalue weighted by molar-refractivity contribution is 0.0934. The van der Waals surface area contributed by atoms with Gasteiger partial charge >= 0.3 is 0 Å². The highest BCUT2D eigenvalue weighted by Crippen LogP contribution is 2.15. The van der Waals surface area contributed by atoms with E-state index in [1.165, 1.54) is 12.1 Å². The van der Waals surface area contributed by atoms with E-state index in [-0.39, 0.29) is 5.56 Å². The fourth-order valence-corrected chi connectivity index (χ4v) is 2.28. The number of amides is 1. The number of carbonyl (C=O) groups excluding carboxylic acids is 1. The molecule has 1 aromatic rings. The van der Waals surface area contributed by atoms with Crippen molar-refractivity contribution in [3.05, 3.63) is 35.4 Å². The summed E-state index contributed by atoms with van der Waals surface area (Å²) in [5.41, 5.74) is -0.229. The lowest BCUT2D eigenvalue weighted by Crippen LogP contribution is -2.37. The van der Waals surface area contributed by atoms with E-state index in [0.717, 1.165) is 32.0 Å². The number of carbonyl (C=O) groups is 1. The minimum absolute atomic E-state index is 0.229. The van der Waals surface area contributed by atoms with Crippen LogP contribution >= 0.6 is 0 Å². The van der Waals surface area contributed by atoms with E-state index < -0.39 is 17.5 Å². The number of benzene rings is 1. The van der Waals surface area contributed by atoms with E-state index in [1.807, 2.05) is 0 Å².